The zero-order valence-electron chi connectivity index (χ0n) is 13.6. The number of rotatable bonds is 3. The lowest BCUT2D eigenvalue weighted by Gasteiger charge is -2.42. The average Bonchev–Trinajstić information content (AvgIpc) is 3.15. The molecule has 1 aliphatic heterocycles. The first-order valence-electron chi connectivity index (χ1n) is 9.41. The molecule has 116 valence electrons. The Bertz CT molecular complexity index is 592. The highest BCUT2D eigenvalue weighted by atomic mass is 15.1. The summed E-state index contributed by atoms with van der Waals surface area (Å²) in [7, 11) is 0. The Morgan fingerprint density at radius 2 is 1.73 bits per heavy atom. The minimum atomic E-state index is 0.668. The lowest BCUT2D eigenvalue weighted by atomic mass is 9.74. The molecule has 0 aromatic carbocycles. The quantitative estimate of drug-likeness (QED) is 0.796. The fourth-order valence-corrected chi connectivity index (χ4v) is 5.74. The second kappa shape index (κ2) is 4.96. The molecule has 0 amide bonds. The topological polar surface area (TPSA) is 12.0 Å². The lowest BCUT2D eigenvalue weighted by Crippen LogP contribution is -2.57. The van der Waals surface area contributed by atoms with Crippen LogP contribution in [0.15, 0.2) is 46.6 Å². The van der Waals surface area contributed by atoms with Crippen LogP contribution in [0.3, 0.4) is 0 Å². The number of hydrogen-bond acceptors (Lipinski definition) is 1. The fourth-order valence-electron chi connectivity index (χ4n) is 5.74. The summed E-state index contributed by atoms with van der Waals surface area (Å²) in [5.74, 6) is 2.55. The van der Waals surface area contributed by atoms with Gasteiger partial charge in [-0.25, -0.2) is 0 Å². The van der Waals surface area contributed by atoms with Crippen molar-refractivity contribution in [1.82, 2.24) is 5.32 Å². The molecule has 0 spiro atoms. The number of fused-ring (bicyclic) bond motifs is 6. The highest BCUT2D eigenvalue weighted by Gasteiger charge is 2.55. The highest BCUT2D eigenvalue weighted by molar-refractivity contribution is 5.55. The maximum Gasteiger partial charge on any atom is 0.0378 e. The van der Waals surface area contributed by atoms with E-state index in [9.17, 15) is 0 Å². The lowest BCUT2D eigenvalue weighted by molar-refractivity contribution is 0.188. The van der Waals surface area contributed by atoms with E-state index in [0.717, 1.165) is 17.8 Å². The Labute approximate surface area is 134 Å². The van der Waals surface area contributed by atoms with E-state index in [1.54, 1.807) is 22.3 Å². The first-order chi connectivity index (χ1) is 10.8. The molecule has 0 radical (unpaired) electrons. The summed E-state index contributed by atoms with van der Waals surface area (Å²) in [6.45, 7) is 2.33. The van der Waals surface area contributed by atoms with Crippen molar-refractivity contribution in [2.75, 3.05) is 0 Å². The van der Waals surface area contributed by atoms with Gasteiger partial charge < -0.3 is 5.32 Å². The van der Waals surface area contributed by atoms with Crippen LogP contribution < -0.4 is 5.32 Å². The van der Waals surface area contributed by atoms with Gasteiger partial charge in [-0.2, -0.15) is 0 Å². The van der Waals surface area contributed by atoms with Gasteiger partial charge >= 0.3 is 0 Å². The SMILES string of the molecule is CCCC1CC2=CCC(C3C4NC3C3=CCCC=C34)C=C2C1. The maximum atomic E-state index is 3.81. The Morgan fingerprint density at radius 3 is 2.45 bits per heavy atom. The number of allylic oxidation sites excluding steroid dienone is 6. The Hall–Kier alpha value is -1.08. The van der Waals surface area contributed by atoms with Gasteiger partial charge in [-0.15, -0.1) is 0 Å². The van der Waals surface area contributed by atoms with Gasteiger partial charge in [-0.3, -0.25) is 0 Å². The molecule has 4 aliphatic carbocycles. The first-order valence-corrected chi connectivity index (χ1v) is 9.41. The standard InChI is InChI=1S/C21H27N/c1-2-5-13-10-14-8-9-15(12-16(14)11-13)19-20-17-6-3-4-7-18(17)21(19)22-20/h6-8,12-13,15,19-22H,2-5,9-11H2,1H3. The smallest absolute Gasteiger partial charge is 0.0378 e. The molecule has 2 bridgehead atoms. The van der Waals surface area contributed by atoms with Gasteiger partial charge in [0.1, 0.15) is 0 Å². The van der Waals surface area contributed by atoms with E-state index >= 15 is 0 Å². The summed E-state index contributed by atoms with van der Waals surface area (Å²) in [5, 5.41) is 3.81. The summed E-state index contributed by atoms with van der Waals surface area (Å²) < 4.78 is 0. The second-order valence-electron chi connectivity index (χ2n) is 7.98. The molecule has 3 fully saturated rings. The Kier molecular flexibility index (Phi) is 3.01. The predicted octanol–water partition coefficient (Wildman–Crippen LogP) is 4.69. The third kappa shape index (κ3) is 1.81. The van der Waals surface area contributed by atoms with Crippen molar-refractivity contribution >= 4 is 0 Å². The van der Waals surface area contributed by atoms with Crippen LogP contribution in [0.1, 0.15) is 51.9 Å². The molecule has 22 heavy (non-hydrogen) atoms. The highest BCUT2D eigenvalue weighted by Crippen LogP contribution is 2.53. The average molecular weight is 293 g/mol. The molecule has 1 nitrogen and oxygen atoms in total. The second-order valence-corrected chi connectivity index (χ2v) is 7.98. The first kappa shape index (κ1) is 13.4. The maximum absolute atomic E-state index is 3.81. The van der Waals surface area contributed by atoms with E-state index in [-0.39, 0.29) is 0 Å². The van der Waals surface area contributed by atoms with Gasteiger partial charge in [0.2, 0.25) is 0 Å². The molecule has 0 aromatic heterocycles. The summed E-state index contributed by atoms with van der Waals surface area (Å²) in [5.41, 5.74) is 6.73. The molecule has 0 aromatic rings. The van der Waals surface area contributed by atoms with Gasteiger partial charge in [0.15, 0.2) is 0 Å². The molecular weight excluding hydrogens is 266 g/mol. The zero-order chi connectivity index (χ0) is 14.7. The van der Waals surface area contributed by atoms with Crippen LogP contribution in [0.5, 0.6) is 0 Å². The molecule has 4 atom stereocenters. The van der Waals surface area contributed by atoms with Crippen LogP contribution in [-0.4, -0.2) is 12.1 Å². The molecule has 1 N–H and O–H groups in total. The van der Waals surface area contributed by atoms with E-state index in [2.05, 4.69) is 36.5 Å². The van der Waals surface area contributed by atoms with Gasteiger partial charge in [0.05, 0.1) is 0 Å². The van der Waals surface area contributed by atoms with E-state index < -0.39 is 0 Å². The van der Waals surface area contributed by atoms with Gasteiger partial charge in [0, 0.05) is 18.0 Å². The monoisotopic (exact) mass is 293 g/mol. The van der Waals surface area contributed by atoms with Crippen molar-refractivity contribution in [3.63, 3.8) is 0 Å². The third-order valence-electron chi connectivity index (χ3n) is 6.70. The molecular formula is C21H27N. The van der Waals surface area contributed by atoms with Crippen LogP contribution in [0.25, 0.3) is 0 Å². The minimum Gasteiger partial charge on any atom is -0.302 e. The molecule has 2 saturated carbocycles. The van der Waals surface area contributed by atoms with Crippen LogP contribution in [-0.2, 0) is 0 Å². The van der Waals surface area contributed by atoms with Crippen LogP contribution in [0.4, 0.5) is 0 Å². The summed E-state index contributed by atoms with van der Waals surface area (Å²) in [6.07, 6.45) is 19.6. The van der Waals surface area contributed by atoms with Crippen molar-refractivity contribution in [3.8, 4) is 0 Å². The summed E-state index contributed by atoms with van der Waals surface area (Å²) >= 11 is 0. The van der Waals surface area contributed by atoms with Gasteiger partial charge in [0.25, 0.3) is 0 Å². The zero-order valence-corrected chi connectivity index (χ0v) is 13.6. The normalized spacial score (nSPS) is 41.8. The Balaban J connectivity index is 1.37. The third-order valence-corrected chi connectivity index (χ3v) is 6.70. The molecule has 5 aliphatic rings. The molecule has 4 unspecified atom stereocenters. The molecule has 1 heteroatoms. The van der Waals surface area contributed by atoms with Gasteiger partial charge in [-0.1, -0.05) is 44.1 Å². The van der Waals surface area contributed by atoms with Crippen molar-refractivity contribution in [1.29, 1.82) is 0 Å². The summed E-state index contributed by atoms with van der Waals surface area (Å²) in [6, 6.07) is 1.34. The van der Waals surface area contributed by atoms with E-state index in [0.29, 0.717) is 12.1 Å². The number of hydrogen-bond donors (Lipinski definition) is 1. The van der Waals surface area contributed by atoms with Crippen LogP contribution in [0, 0.1) is 17.8 Å². The van der Waals surface area contributed by atoms with Crippen molar-refractivity contribution in [2.24, 2.45) is 17.8 Å². The van der Waals surface area contributed by atoms with E-state index in [1.165, 1.54) is 44.9 Å². The van der Waals surface area contributed by atoms with Crippen molar-refractivity contribution in [3.05, 3.63) is 46.6 Å². The van der Waals surface area contributed by atoms with Crippen molar-refractivity contribution < 1.29 is 0 Å². The van der Waals surface area contributed by atoms with Crippen molar-refractivity contribution in [2.45, 2.75) is 64.0 Å². The van der Waals surface area contributed by atoms with E-state index in [1.807, 2.05) is 0 Å². The molecule has 1 saturated heterocycles. The minimum absolute atomic E-state index is 0.668. The Morgan fingerprint density at radius 1 is 1.00 bits per heavy atom. The molecule has 1 heterocycles. The largest absolute Gasteiger partial charge is 0.302 e. The van der Waals surface area contributed by atoms with Crippen LogP contribution in [0.2, 0.25) is 0 Å². The van der Waals surface area contributed by atoms with E-state index in [4.69, 9.17) is 0 Å². The van der Waals surface area contributed by atoms with Crippen LogP contribution >= 0.6 is 0 Å². The number of nitrogens with one attached hydrogen (secondary N) is 1. The predicted molar refractivity (Wildman–Crippen MR) is 91.5 cm³/mol. The fraction of sp³-hybridized carbons (Fsp3) is 0.619. The van der Waals surface area contributed by atoms with Gasteiger partial charge in [-0.05, 0) is 66.2 Å². The molecule has 5 rings (SSSR count). The summed E-state index contributed by atoms with van der Waals surface area (Å²) in [4.78, 5) is 0.